The number of carbonyl (C=O) groups is 1. The van der Waals surface area contributed by atoms with Gasteiger partial charge in [-0.25, -0.2) is 0 Å². The van der Waals surface area contributed by atoms with Crippen molar-refractivity contribution in [2.45, 2.75) is 25.7 Å². The molecule has 4 heteroatoms. The molecule has 94 valence electrons. The summed E-state index contributed by atoms with van der Waals surface area (Å²) in [5.74, 6) is 0.802. The lowest BCUT2D eigenvalue weighted by Gasteiger charge is -2.25. The maximum absolute atomic E-state index is 11.9. The van der Waals surface area contributed by atoms with E-state index in [9.17, 15) is 4.79 Å². The molecule has 0 bridgehead atoms. The lowest BCUT2D eigenvalue weighted by Crippen LogP contribution is -2.35. The van der Waals surface area contributed by atoms with Gasteiger partial charge in [0, 0.05) is 33.7 Å². The van der Waals surface area contributed by atoms with E-state index in [1.807, 2.05) is 11.9 Å². The van der Waals surface area contributed by atoms with Crippen molar-refractivity contribution < 1.29 is 9.53 Å². The zero-order chi connectivity index (χ0) is 11.8. The number of ether oxygens (including phenoxy) is 1. The van der Waals surface area contributed by atoms with Gasteiger partial charge >= 0.3 is 0 Å². The van der Waals surface area contributed by atoms with Crippen molar-refractivity contribution in [2.24, 2.45) is 5.92 Å². The SMILES string of the molecule is COCCCN(C)C(=O)CC1CCCNC1. The quantitative estimate of drug-likeness (QED) is 0.686. The third-order valence-corrected chi connectivity index (χ3v) is 3.13. The zero-order valence-corrected chi connectivity index (χ0v) is 10.5. The maximum Gasteiger partial charge on any atom is 0.222 e. The lowest BCUT2D eigenvalue weighted by molar-refractivity contribution is -0.131. The molecule has 0 aromatic carbocycles. The van der Waals surface area contributed by atoms with Crippen LogP contribution in [0.5, 0.6) is 0 Å². The molecule has 1 aliphatic heterocycles. The minimum absolute atomic E-state index is 0.268. The summed E-state index contributed by atoms with van der Waals surface area (Å²) in [5.41, 5.74) is 0. The Morgan fingerprint density at radius 3 is 3.00 bits per heavy atom. The summed E-state index contributed by atoms with van der Waals surface area (Å²) in [6, 6.07) is 0. The molecule has 0 radical (unpaired) electrons. The van der Waals surface area contributed by atoms with E-state index in [1.165, 1.54) is 12.8 Å². The number of nitrogens with one attached hydrogen (secondary N) is 1. The van der Waals surface area contributed by atoms with Gasteiger partial charge in [-0.15, -0.1) is 0 Å². The van der Waals surface area contributed by atoms with Gasteiger partial charge in [-0.3, -0.25) is 4.79 Å². The van der Waals surface area contributed by atoms with Crippen LogP contribution in [-0.2, 0) is 9.53 Å². The van der Waals surface area contributed by atoms with Crippen LogP contribution in [0.15, 0.2) is 0 Å². The van der Waals surface area contributed by atoms with Crippen molar-refractivity contribution in [3.05, 3.63) is 0 Å². The number of nitrogens with zero attached hydrogens (tertiary/aromatic N) is 1. The van der Waals surface area contributed by atoms with E-state index in [2.05, 4.69) is 5.32 Å². The van der Waals surface area contributed by atoms with Crippen LogP contribution in [0.1, 0.15) is 25.7 Å². The van der Waals surface area contributed by atoms with Crippen LogP contribution in [0, 0.1) is 5.92 Å². The summed E-state index contributed by atoms with van der Waals surface area (Å²) in [6.07, 6.45) is 3.99. The second kappa shape index (κ2) is 7.63. The number of carbonyl (C=O) groups excluding carboxylic acids is 1. The van der Waals surface area contributed by atoms with Gasteiger partial charge in [-0.05, 0) is 38.3 Å². The zero-order valence-electron chi connectivity index (χ0n) is 10.5. The summed E-state index contributed by atoms with van der Waals surface area (Å²) in [4.78, 5) is 13.7. The van der Waals surface area contributed by atoms with Crippen molar-refractivity contribution in [2.75, 3.05) is 40.4 Å². The van der Waals surface area contributed by atoms with Gasteiger partial charge in [-0.2, -0.15) is 0 Å². The minimum atomic E-state index is 0.268. The van der Waals surface area contributed by atoms with E-state index < -0.39 is 0 Å². The van der Waals surface area contributed by atoms with Crippen molar-refractivity contribution in [1.29, 1.82) is 0 Å². The Morgan fingerprint density at radius 1 is 1.56 bits per heavy atom. The highest BCUT2D eigenvalue weighted by Crippen LogP contribution is 2.14. The first kappa shape index (κ1) is 13.5. The molecule has 0 aliphatic carbocycles. The van der Waals surface area contributed by atoms with Gasteiger partial charge < -0.3 is 15.0 Å². The predicted molar refractivity (Wildman–Crippen MR) is 64.3 cm³/mol. The van der Waals surface area contributed by atoms with Gasteiger partial charge in [0.05, 0.1) is 0 Å². The summed E-state index contributed by atoms with van der Waals surface area (Å²) < 4.78 is 4.97. The molecule has 1 rings (SSSR count). The Bertz CT molecular complexity index is 203. The number of amides is 1. The van der Waals surface area contributed by atoms with E-state index in [0.717, 1.165) is 32.7 Å². The fourth-order valence-corrected chi connectivity index (χ4v) is 2.07. The molecule has 1 unspecified atom stereocenters. The first-order valence-corrected chi connectivity index (χ1v) is 6.17. The largest absolute Gasteiger partial charge is 0.385 e. The van der Waals surface area contributed by atoms with Crippen LogP contribution in [0.3, 0.4) is 0 Å². The second-order valence-electron chi connectivity index (χ2n) is 4.58. The highest BCUT2D eigenvalue weighted by molar-refractivity contribution is 5.76. The monoisotopic (exact) mass is 228 g/mol. The molecule has 1 fully saturated rings. The molecule has 0 aromatic heterocycles. The van der Waals surface area contributed by atoms with E-state index in [-0.39, 0.29) is 5.91 Å². The van der Waals surface area contributed by atoms with Crippen molar-refractivity contribution in [3.63, 3.8) is 0 Å². The third kappa shape index (κ3) is 4.94. The van der Waals surface area contributed by atoms with Crippen LogP contribution in [-0.4, -0.2) is 51.2 Å². The topological polar surface area (TPSA) is 41.6 Å². The van der Waals surface area contributed by atoms with E-state index in [1.54, 1.807) is 7.11 Å². The van der Waals surface area contributed by atoms with E-state index >= 15 is 0 Å². The number of piperidine rings is 1. The fraction of sp³-hybridized carbons (Fsp3) is 0.917. The van der Waals surface area contributed by atoms with Crippen LogP contribution >= 0.6 is 0 Å². The lowest BCUT2D eigenvalue weighted by atomic mass is 9.96. The molecule has 0 spiro atoms. The molecule has 0 aromatic rings. The van der Waals surface area contributed by atoms with Crippen molar-refractivity contribution in [3.8, 4) is 0 Å². The molecule has 1 atom stereocenters. The number of hydrogen-bond acceptors (Lipinski definition) is 3. The Kier molecular flexibility index (Phi) is 6.42. The third-order valence-electron chi connectivity index (χ3n) is 3.13. The van der Waals surface area contributed by atoms with Crippen molar-refractivity contribution >= 4 is 5.91 Å². The molecule has 1 aliphatic rings. The molecular formula is C12H24N2O2. The Balaban J connectivity index is 2.16. The molecule has 1 saturated heterocycles. The average molecular weight is 228 g/mol. The molecule has 1 amide bonds. The normalized spacial score (nSPS) is 20.8. The van der Waals surface area contributed by atoms with Gasteiger partial charge in [0.2, 0.25) is 5.91 Å². The predicted octanol–water partition coefficient (Wildman–Crippen LogP) is 0.871. The van der Waals surface area contributed by atoms with E-state index in [4.69, 9.17) is 4.74 Å². The molecule has 1 heterocycles. The number of rotatable bonds is 6. The highest BCUT2D eigenvalue weighted by Gasteiger charge is 2.18. The average Bonchev–Trinajstić information content (AvgIpc) is 2.30. The standard InChI is InChI=1S/C12H24N2O2/c1-14(7-4-8-16-2)12(15)9-11-5-3-6-13-10-11/h11,13H,3-10H2,1-2H3. The fourth-order valence-electron chi connectivity index (χ4n) is 2.07. The van der Waals surface area contributed by atoms with Gasteiger partial charge in [-0.1, -0.05) is 0 Å². The molecular weight excluding hydrogens is 204 g/mol. The molecule has 1 N–H and O–H groups in total. The van der Waals surface area contributed by atoms with Gasteiger partial charge in [0.15, 0.2) is 0 Å². The number of methoxy groups -OCH3 is 1. The van der Waals surface area contributed by atoms with Crippen LogP contribution in [0.25, 0.3) is 0 Å². The molecule has 16 heavy (non-hydrogen) atoms. The summed E-state index contributed by atoms with van der Waals surface area (Å²) in [7, 11) is 3.57. The molecule has 4 nitrogen and oxygen atoms in total. The summed E-state index contributed by atoms with van der Waals surface area (Å²) >= 11 is 0. The maximum atomic E-state index is 11.9. The Morgan fingerprint density at radius 2 is 2.38 bits per heavy atom. The minimum Gasteiger partial charge on any atom is -0.385 e. The molecule has 0 saturated carbocycles. The first-order valence-electron chi connectivity index (χ1n) is 6.17. The summed E-state index contributed by atoms with van der Waals surface area (Å²) in [6.45, 7) is 3.63. The Hall–Kier alpha value is -0.610. The Labute approximate surface area is 98.3 Å². The van der Waals surface area contributed by atoms with Crippen molar-refractivity contribution in [1.82, 2.24) is 10.2 Å². The smallest absolute Gasteiger partial charge is 0.222 e. The first-order chi connectivity index (χ1) is 7.74. The van der Waals surface area contributed by atoms with Crippen LogP contribution < -0.4 is 5.32 Å². The van der Waals surface area contributed by atoms with Crippen LogP contribution in [0.4, 0.5) is 0 Å². The summed E-state index contributed by atoms with van der Waals surface area (Å²) in [5, 5.41) is 3.34. The van der Waals surface area contributed by atoms with Gasteiger partial charge in [0.25, 0.3) is 0 Å². The van der Waals surface area contributed by atoms with E-state index in [0.29, 0.717) is 12.3 Å². The number of hydrogen-bond donors (Lipinski definition) is 1. The van der Waals surface area contributed by atoms with Gasteiger partial charge in [0.1, 0.15) is 0 Å². The highest BCUT2D eigenvalue weighted by atomic mass is 16.5. The van der Waals surface area contributed by atoms with Crippen LogP contribution in [0.2, 0.25) is 0 Å². The second-order valence-corrected chi connectivity index (χ2v) is 4.58.